The van der Waals surface area contributed by atoms with E-state index in [4.69, 9.17) is 9.47 Å². The van der Waals surface area contributed by atoms with Crippen LogP contribution in [-0.2, 0) is 11.2 Å². The Hall–Kier alpha value is -3.07. The molecule has 4 heterocycles. The molecule has 0 saturated carbocycles. The molecule has 0 N–H and O–H groups in total. The Kier molecular flexibility index (Phi) is 5.73. The molecule has 1 amide bonds. The monoisotopic (exact) mass is 438 g/mol. The van der Waals surface area contributed by atoms with Crippen molar-refractivity contribution in [3.8, 4) is 11.5 Å². The number of aromatic nitrogens is 2. The Morgan fingerprint density at radius 2 is 1.50 bits per heavy atom. The summed E-state index contributed by atoms with van der Waals surface area (Å²) in [5.41, 5.74) is 0.949. The molecular weight excluding hydrogens is 408 g/mol. The first-order valence-electron chi connectivity index (χ1n) is 11.3. The van der Waals surface area contributed by atoms with Crippen molar-refractivity contribution in [2.45, 2.75) is 13.3 Å². The van der Waals surface area contributed by atoms with Gasteiger partial charge in [0.2, 0.25) is 12.7 Å². The molecule has 0 bridgehead atoms. The highest BCUT2D eigenvalue weighted by Gasteiger charge is 2.24. The largest absolute Gasteiger partial charge is 0.454 e. The van der Waals surface area contributed by atoms with Crippen molar-refractivity contribution in [3.63, 3.8) is 0 Å². The molecule has 3 aliphatic heterocycles. The van der Waals surface area contributed by atoms with Gasteiger partial charge in [0, 0.05) is 58.4 Å². The summed E-state index contributed by atoms with van der Waals surface area (Å²) in [6.07, 6.45) is 0.372. The number of likely N-dealkylation sites (N-methyl/N-ethyl adjacent to an activating group) is 1. The Morgan fingerprint density at radius 3 is 2.19 bits per heavy atom. The minimum absolute atomic E-state index is 0.139. The summed E-state index contributed by atoms with van der Waals surface area (Å²) in [6.45, 7) is 9.17. The van der Waals surface area contributed by atoms with Crippen molar-refractivity contribution in [1.29, 1.82) is 0 Å². The third-order valence-electron chi connectivity index (χ3n) is 6.39. The molecule has 0 spiro atoms. The number of carbonyl (C=O) groups excluding carboxylic acids is 1. The topological polar surface area (TPSA) is 74.3 Å². The Labute approximate surface area is 188 Å². The van der Waals surface area contributed by atoms with E-state index in [1.807, 2.05) is 30.0 Å². The molecular formula is C23H30N6O3. The summed E-state index contributed by atoms with van der Waals surface area (Å²) in [6, 6.07) is 7.81. The van der Waals surface area contributed by atoms with Crippen molar-refractivity contribution < 1.29 is 14.3 Å². The van der Waals surface area contributed by atoms with Gasteiger partial charge < -0.3 is 29.1 Å². The maximum atomic E-state index is 12.9. The summed E-state index contributed by atoms with van der Waals surface area (Å²) in [4.78, 5) is 31.1. The van der Waals surface area contributed by atoms with Gasteiger partial charge in [0.25, 0.3) is 0 Å². The molecule has 32 heavy (non-hydrogen) atoms. The van der Waals surface area contributed by atoms with Crippen LogP contribution in [0, 0.1) is 6.92 Å². The molecule has 1 aromatic heterocycles. The second-order valence-electron chi connectivity index (χ2n) is 8.65. The number of hydrogen-bond acceptors (Lipinski definition) is 8. The van der Waals surface area contributed by atoms with Crippen molar-refractivity contribution in [2.24, 2.45) is 0 Å². The predicted molar refractivity (Wildman–Crippen MR) is 122 cm³/mol. The van der Waals surface area contributed by atoms with Gasteiger partial charge in [-0.05, 0) is 31.7 Å². The maximum Gasteiger partial charge on any atom is 0.231 e. The number of fused-ring (bicyclic) bond motifs is 1. The summed E-state index contributed by atoms with van der Waals surface area (Å²) < 4.78 is 10.8. The van der Waals surface area contributed by atoms with Crippen LogP contribution in [0.4, 0.5) is 11.6 Å². The lowest BCUT2D eigenvalue weighted by Crippen LogP contribution is -2.49. The molecule has 5 rings (SSSR count). The fourth-order valence-corrected chi connectivity index (χ4v) is 4.42. The van der Waals surface area contributed by atoms with Crippen LogP contribution >= 0.6 is 0 Å². The van der Waals surface area contributed by atoms with Crippen LogP contribution in [0.2, 0.25) is 0 Å². The lowest BCUT2D eigenvalue weighted by atomic mass is 10.1. The molecule has 9 nitrogen and oxygen atoms in total. The lowest BCUT2D eigenvalue weighted by Gasteiger charge is -2.37. The predicted octanol–water partition coefficient (Wildman–Crippen LogP) is 1.16. The molecule has 170 valence electrons. The number of nitrogens with zero attached hydrogens (tertiary/aromatic N) is 6. The van der Waals surface area contributed by atoms with Crippen LogP contribution in [0.25, 0.3) is 0 Å². The summed E-state index contributed by atoms with van der Waals surface area (Å²) in [7, 11) is 2.15. The van der Waals surface area contributed by atoms with Crippen molar-refractivity contribution in [1.82, 2.24) is 19.8 Å². The summed E-state index contributed by atoms with van der Waals surface area (Å²) in [5, 5.41) is 0. The van der Waals surface area contributed by atoms with Gasteiger partial charge in [0.1, 0.15) is 17.5 Å². The van der Waals surface area contributed by atoms with Crippen LogP contribution < -0.4 is 19.3 Å². The first kappa shape index (κ1) is 20.8. The minimum Gasteiger partial charge on any atom is -0.454 e. The molecule has 3 aliphatic rings. The van der Waals surface area contributed by atoms with E-state index in [0.29, 0.717) is 19.5 Å². The highest BCUT2D eigenvalue weighted by atomic mass is 16.7. The van der Waals surface area contributed by atoms with E-state index in [9.17, 15) is 4.79 Å². The quantitative estimate of drug-likeness (QED) is 0.704. The Bertz CT molecular complexity index is 984. The van der Waals surface area contributed by atoms with Crippen molar-refractivity contribution >= 4 is 17.5 Å². The first-order chi connectivity index (χ1) is 15.5. The van der Waals surface area contributed by atoms with Crippen LogP contribution in [-0.4, -0.2) is 91.9 Å². The van der Waals surface area contributed by atoms with E-state index in [0.717, 1.165) is 73.8 Å². The normalized spacial score (nSPS) is 18.9. The van der Waals surface area contributed by atoms with Gasteiger partial charge in [0.15, 0.2) is 11.5 Å². The molecule has 0 aliphatic carbocycles. The molecule has 2 saturated heterocycles. The summed E-state index contributed by atoms with van der Waals surface area (Å²) in [5.74, 6) is 4.34. The van der Waals surface area contributed by atoms with Gasteiger partial charge >= 0.3 is 0 Å². The van der Waals surface area contributed by atoms with Crippen LogP contribution in [0.1, 0.15) is 11.4 Å². The second kappa shape index (κ2) is 8.82. The van der Waals surface area contributed by atoms with E-state index in [1.165, 1.54) is 0 Å². The molecule has 0 radical (unpaired) electrons. The molecule has 2 aromatic rings. The number of aryl methyl sites for hydroxylation is 1. The van der Waals surface area contributed by atoms with E-state index in [1.54, 1.807) is 0 Å². The fraction of sp³-hybridized carbons (Fsp3) is 0.522. The molecule has 0 unspecified atom stereocenters. The first-order valence-corrected chi connectivity index (χ1v) is 11.3. The number of anilines is 2. The van der Waals surface area contributed by atoms with Gasteiger partial charge in [0.05, 0.1) is 6.42 Å². The number of amides is 1. The zero-order valence-electron chi connectivity index (χ0n) is 18.8. The Morgan fingerprint density at radius 1 is 0.875 bits per heavy atom. The van der Waals surface area contributed by atoms with E-state index in [2.05, 4.69) is 37.8 Å². The number of carbonyl (C=O) groups is 1. The zero-order chi connectivity index (χ0) is 22.1. The SMILES string of the molecule is Cc1nc(N2CCN(C)CC2)cc(N2CCN(C(=O)Cc3ccc4c(c3)OCO4)CC2)n1. The van der Waals surface area contributed by atoms with E-state index < -0.39 is 0 Å². The highest BCUT2D eigenvalue weighted by molar-refractivity contribution is 5.79. The van der Waals surface area contributed by atoms with Crippen molar-refractivity contribution in [3.05, 3.63) is 35.7 Å². The third kappa shape index (κ3) is 4.43. The smallest absolute Gasteiger partial charge is 0.231 e. The fourth-order valence-electron chi connectivity index (χ4n) is 4.42. The van der Waals surface area contributed by atoms with Crippen LogP contribution in [0.15, 0.2) is 24.3 Å². The number of hydrogen-bond donors (Lipinski definition) is 0. The van der Waals surface area contributed by atoms with Gasteiger partial charge in [-0.25, -0.2) is 9.97 Å². The van der Waals surface area contributed by atoms with Gasteiger partial charge in [-0.2, -0.15) is 0 Å². The van der Waals surface area contributed by atoms with Crippen molar-refractivity contribution in [2.75, 3.05) is 76.0 Å². The third-order valence-corrected chi connectivity index (χ3v) is 6.39. The maximum absolute atomic E-state index is 12.9. The Balaban J connectivity index is 1.19. The van der Waals surface area contributed by atoms with Crippen LogP contribution in [0.5, 0.6) is 11.5 Å². The second-order valence-corrected chi connectivity index (χ2v) is 8.65. The number of ether oxygens (including phenoxy) is 2. The number of piperazine rings is 2. The molecule has 9 heteroatoms. The van der Waals surface area contributed by atoms with E-state index in [-0.39, 0.29) is 12.7 Å². The van der Waals surface area contributed by atoms with Gasteiger partial charge in [-0.15, -0.1) is 0 Å². The number of benzene rings is 1. The summed E-state index contributed by atoms with van der Waals surface area (Å²) >= 11 is 0. The zero-order valence-corrected chi connectivity index (χ0v) is 18.8. The standard InChI is InChI=1S/C23H30N6O3/c1-17-24-21(27-7-5-26(2)6-8-27)15-22(25-17)28-9-11-29(12-10-28)23(30)14-18-3-4-19-20(13-18)32-16-31-19/h3-4,13,15H,5-12,14,16H2,1-2H3. The van der Waals surface area contributed by atoms with E-state index >= 15 is 0 Å². The average molecular weight is 439 g/mol. The minimum atomic E-state index is 0.139. The molecule has 0 atom stereocenters. The molecule has 2 fully saturated rings. The highest BCUT2D eigenvalue weighted by Crippen LogP contribution is 2.32. The van der Waals surface area contributed by atoms with Gasteiger partial charge in [-0.3, -0.25) is 4.79 Å². The van der Waals surface area contributed by atoms with Gasteiger partial charge in [-0.1, -0.05) is 6.07 Å². The molecule has 1 aromatic carbocycles. The number of rotatable bonds is 4. The average Bonchev–Trinajstić information content (AvgIpc) is 3.27. The van der Waals surface area contributed by atoms with Crippen LogP contribution in [0.3, 0.4) is 0 Å². The lowest BCUT2D eigenvalue weighted by molar-refractivity contribution is -0.130.